The molecule has 6 heteroatoms. The van der Waals surface area contributed by atoms with E-state index in [0.29, 0.717) is 13.1 Å². The SMILES string of the molecule is CC(C)(S)CNC(C)(C)CN(CC(C)(C)S)C(=O)CCl. The minimum atomic E-state index is -0.249. The molecule has 120 valence electrons. The molecule has 0 fully saturated rings. The zero-order valence-corrected chi connectivity index (χ0v) is 16.0. The summed E-state index contributed by atoms with van der Waals surface area (Å²) in [4.78, 5) is 13.8. The normalized spacial score (nSPS) is 13.4. The van der Waals surface area contributed by atoms with E-state index in [-0.39, 0.29) is 26.8 Å². The van der Waals surface area contributed by atoms with Gasteiger partial charge in [-0.15, -0.1) is 11.6 Å². The number of alkyl halides is 1. The van der Waals surface area contributed by atoms with Crippen LogP contribution in [0.5, 0.6) is 0 Å². The Balaban J connectivity index is 4.74. The molecule has 0 atom stereocenters. The highest BCUT2D eigenvalue weighted by molar-refractivity contribution is 7.82. The third-order valence-corrected chi connectivity index (χ3v) is 3.16. The molecular formula is C14H29ClN2OS2. The molecule has 0 saturated carbocycles. The molecule has 0 aromatic carbocycles. The number of carbonyl (C=O) groups excluding carboxylic acids is 1. The van der Waals surface area contributed by atoms with Gasteiger partial charge in [0.25, 0.3) is 0 Å². The van der Waals surface area contributed by atoms with E-state index in [4.69, 9.17) is 11.6 Å². The Morgan fingerprint density at radius 2 is 1.55 bits per heavy atom. The van der Waals surface area contributed by atoms with E-state index in [2.05, 4.69) is 58.3 Å². The zero-order chi connectivity index (χ0) is 16.2. The summed E-state index contributed by atoms with van der Waals surface area (Å²) in [6.45, 7) is 14.2. The summed E-state index contributed by atoms with van der Waals surface area (Å²) >= 11 is 14.7. The van der Waals surface area contributed by atoms with Gasteiger partial charge in [-0.2, -0.15) is 25.3 Å². The second kappa shape index (κ2) is 7.61. The predicted octanol–water partition coefficient (Wildman–Crippen LogP) is 2.84. The van der Waals surface area contributed by atoms with E-state index >= 15 is 0 Å². The molecular weight excluding hydrogens is 312 g/mol. The highest BCUT2D eigenvalue weighted by Gasteiger charge is 2.28. The largest absolute Gasteiger partial charge is 0.338 e. The quantitative estimate of drug-likeness (QED) is 0.469. The lowest BCUT2D eigenvalue weighted by molar-refractivity contribution is -0.129. The highest BCUT2D eigenvalue weighted by atomic mass is 35.5. The van der Waals surface area contributed by atoms with Crippen molar-refractivity contribution in [3.63, 3.8) is 0 Å². The number of rotatable bonds is 8. The van der Waals surface area contributed by atoms with E-state index in [0.717, 1.165) is 6.54 Å². The first-order chi connectivity index (χ1) is 8.76. The van der Waals surface area contributed by atoms with Gasteiger partial charge in [0.15, 0.2) is 0 Å². The molecule has 0 heterocycles. The van der Waals surface area contributed by atoms with Crippen molar-refractivity contribution < 1.29 is 4.79 Å². The number of hydrogen-bond acceptors (Lipinski definition) is 4. The number of amides is 1. The Kier molecular flexibility index (Phi) is 7.77. The number of halogens is 1. The summed E-state index contributed by atoms with van der Waals surface area (Å²) < 4.78 is -0.345. The first-order valence-corrected chi connectivity index (χ1v) is 8.22. The zero-order valence-electron chi connectivity index (χ0n) is 13.5. The minimum absolute atomic E-state index is 0.00199. The molecule has 0 rings (SSSR count). The molecule has 1 amide bonds. The fourth-order valence-electron chi connectivity index (χ4n) is 1.77. The van der Waals surface area contributed by atoms with Crippen LogP contribution in [0.25, 0.3) is 0 Å². The monoisotopic (exact) mass is 340 g/mol. The van der Waals surface area contributed by atoms with Crippen LogP contribution < -0.4 is 5.32 Å². The number of hydrogen-bond donors (Lipinski definition) is 3. The lowest BCUT2D eigenvalue weighted by atomic mass is 10.0. The molecule has 20 heavy (non-hydrogen) atoms. The van der Waals surface area contributed by atoms with Crippen LogP contribution in [0.2, 0.25) is 0 Å². The van der Waals surface area contributed by atoms with Gasteiger partial charge in [-0.05, 0) is 41.5 Å². The molecule has 0 aromatic rings. The smallest absolute Gasteiger partial charge is 0.237 e. The highest BCUT2D eigenvalue weighted by Crippen LogP contribution is 2.18. The van der Waals surface area contributed by atoms with Crippen LogP contribution in [0.4, 0.5) is 0 Å². The van der Waals surface area contributed by atoms with Crippen LogP contribution in [0.3, 0.4) is 0 Å². The molecule has 0 aliphatic heterocycles. The maximum Gasteiger partial charge on any atom is 0.237 e. The summed E-state index contributed by atoms with van der Waals surface area (Å²) in [7, 11) is 0. The van der Waals surface area contributed by atoms with Crippen molar-refractivity contribution in [2.45, 2.75) is 56.6 Å². The van der Waals surface area contributed by atoms with Crippen molar-refractivity contribution >= 4 is 42.8 Å². The Morgan fingerprint density at radius 3 is 1.90 bits per heavy atom. The van der Waals surface area contributed by atoms with Gasteiger partial charge < -0.3 is 10.2 Å². The maximum atomic E-state index is 12.0. The van der Waals surface area contributed by atoms with Crippen LogP contribution in [-0.2, 0) is 4.79 Å². The fraction of sp³-hybridized carbons (Fsp3) is 0.929. The number of nitrogens with zero attached hydrogens (tertiary/aromatic N) is 1. The molecule has 0 aliphatic rings. The van der Waals surface area contributed by atoms with Gasteiger partial charge in [-0.25, -0.2) is 0 Å². The van der Waals surface area contributed by atoms with Crippen molar-refractivity contribution in [2.75, 3.05) is 25.5 Å². The topological polar surface area (TPSA) is 32.3 Å². The number of nitrogens with one attached hydrogen (secondary N) is 1. The van der Waals surface area contributed by atoms with E-state index < -0.39 is 0 Å². The molecule has 0 spiro atoms. The first kappa shape index (κ1) is 20.4. The van der Waals surface area contributed by atoms with Gasteiger partial charge in [-0.3, -0.25) is 4.79 Å². The summed E-state index contributed by atoms with van der Waals surface area (Å²) in [5.41, 5.74) is -0.208. The fourth-order valence-corrected chi connectivity index (χ4v) is 2.19. The Hall–Kier alpha value is 0.420. The van der Waals surface area contributed by atoms with Crippen LogP contribution in [0.1, 0.15) is 41.5 Å². The van der Waals surface area contributed by atoms with Gasteiger partial charge in [-0.1, -0.05) is 0 Å². The molecule has 0 bridgehead atoms. The van der Waals surface area contributed by atoms with Crippen molar-refractivity contribution in [3.05, 3.63) is 0 Å². The lowest BCUT2D eigenvalue weighted by Crippen LogP contribution is -2.55. The molecule has 3 nitrogen and oxygen atoms in total. The molecule has 0 radical (unpaired) electrons. The van der Waals surface area contributed by atoms with E-state index in [9.17, 15) is 4.79 Å². The van der Waals surface area contributed by atoms with Crippen LogP contribution in [0.15, 0.2) is 0 Å². The Morgan fingerprint density at radius 1 is 1.05 bits per heavy atom. The Bertz CT molecular complexity index is 322. The minimum Gasteiger partial charge on any atom is -0.338 e. The predicted molar refractivity (Wildman–Crippen MR) is 95.5 cm³/mol. The average molecular weight is 341 g/mol. The lowest BCUT2D eigenvalue weighted by Gasteiger charge is -2.37. The van der Waals surface area contributed by atoms with Crippen LogP contribution in [0, 0.1) is 0 Å². The van der Waals surface area contributed by atoms with Crippen molar-refractivity contribution in [1.29, 1.82) is 0 Å². The first-order valence-electron chi connectivity index (χ1n) is 6.79. The van der Waals surface area contributed by atoms with Crippen molar-refractivity contribution in [2.24, 2.45) is 0 Å². The third kappa shape index (κ3) is 10.2. The van der Waals surface area contributed by atoms with Crippen LogP contribution >= 0.6 is 36.9 Å². The average Bonchev–Trinajstić information content (AvgIpc) is 2.21. The van der Waals surface area contributed by atoms with Gasteiger partial charge >= 0.3 is 0 Å². The van der Waals surface area contributed by atoms with E-state index in [1.165, 1.54) is 0 Å². The van der Waals surface area contributed by atoms with Crippen LogP contribution in [-0.4, -0.2) is 51.4 Å². The second-order valence-corrected chi connectivity index (χ2v) is 9.93. The summed E-state index contributed by atoms with van der Waals surface area (Å²) in [5.74, 6) is -0.0633. The molecule has 1 N–H and O–H groups in total. The van der Waals surface area contributed by atoms with Gasteiger partial charge in [0.1, 0.15) is 5.88 Å². The van der Waals surface area contributed by atoms with Gasteiger partial charge in [0.2, 0.25) is 5.91 Å². The molecule has 0 aliphatic carbocycles. The molecule has 0 aromatic heterocycles. The van der Waals surface area contributed by atoms with Crippen molar-refractivity contribution in [3.8, 4) is 0 Å². The van der Waals surface area contributed by atoms with Crippen molar-refractivity contribution in [1.82, 2.24) is 10.2 Å². The maximum absolute atomic E-state index is 12.0. The summed E-state index contributed by atoms with van der Waals surface area (Å²) in [6, 6.07) is 0. The Labute approximate surface area is 140 Å². The van der Waals surface area contributed by atoms with E-state index in [1.807, 2.05) is 13.8 Å². The van der Waals surface area contributed by atoms with Gasteiger partial charge in [0, 0.05) is 34.7 Å². The summed E-state index contributed by atoms with van der Waals surface area (Å²) in [6.07, 6.45) is 0. The number of thiol groups is 2. The second-order valence-electron chi connectivity index (χ2n) is 7.25. The molecule has 0 saturated heterocycles. The van der Waals surface area contributed by atoms with Gasteiger partial charge in [0.05, 0.1) is 0 Å². The molecule has 0 unspecified atom stereocenters. The van der Waals surface area contributed by atoms with E-state index in [1.54, 1.807) is 4.90 Å². The number of carbonyl (C=O) groups is 1. The summed E-state index contributed by atoms with van der Waals surface area (Å²) in [5, 5.41) is 3.46. The third-order valence-electron chi connectivity index (χ3n) is 2.63. The standard InChI is InChI=1S/C14H29ClN2OS2/c1-12(2,16-8-13(3,4)19)9-17(11(18)7-15)10-14(5,6)20/h16,19-20H,7-10H2,1-6H3.